The van der Waals surface area contributed by atoms with Crippen LogP contribution in [0.15, 0.2) is 83.8 Å². The Bertz CT molecular complexity index is 1880. The first-order valence-electron chi connectivity index (χ1n) is 14.6. The molecule has 5 rings (SSSR count). The van der Waals surface area contributed by atoms with Crippen LogP contribution < -0.4 is 9.46 Å². The third-order valence-electron chi connectivity index (χ3n) is 7.66. The van der Waals surface area contributed by atoms with Gasteiger partial charge in [-0.1, -0.05) is 54.1 Å². The zero-order chi connectivity index (χ0) is 32.9. The quantitative estimate of drug-likeness (QED) is 0.179. The lowest BCUT2D eigenvalue weighted by Crippen LogP contribution is -2.43. The van der Waals surface area contributed by atoms with Gasteiger partial charge in [-0.25, -0.2) is 8.42 Å². The minimum Gasteiger partial charge on any atom is -0.496 e. The van der Waals surface area contributed by atoms with Gasteiger partial charge in [-0.05, 0) is 99.2 Å². The molecule has 4 aromatic rings. The third kappa shape index (κ3) is 7.85. The lowest BCUT2D eigenvalue weighted by atomic mass is 9.96. The fourth-order valence-corrected chi connectivity index (χ4v) is 6.57. The van der Waals surface area contributed by atoms with Crippen molar-refractivity contribution in [2.24, 2.45) is 0 Å². The van der Waals surface area contributed by atoms with Gasteiger partial charge in [0.1, 0.15) is 5.75 Å². The van der Waals surface area contributed by atoms with Crippen molar-refractivity contribution in [3.63, 3.8) is 0 Å². The molecule has 9 heteroatoms. The fourth-order valence-electron chi connectivity index (χ4n) is 5.16. The van der Waals surface area contributed by atoms with Gasteiger partial charge in [-0.15, -0.1) is 0 Å². The molecule has 4 aromatic carbocycles. The van der Waals surface area contributed by atoms with Crippen molar-refractivity contribution < 1.29 is 27.5 Å². The van der Waals surface area contributed by atoms with Crippen LogP contribution in [0.1, 0.15) is 61.0 Å². The minimum atomic E-state index is -3.72. The number of hydrogen-bond acceptors (Lipinski definition) is 6. The molecule has 1 heterocycles. The molecule has 8 nitrogen and oxygen atoms in total. The summed E-state index contributed by atoms with van der Waals surface area (Å²) in [6.07, 6.45) is 0.912. The van der Waals surface area contributed by atoms with Crippen molar-refractivity contribution >= 4 is 33.3 Å². The Morgan fingerprint density at radius 3 is 2.24 bits per heavy atom. The van der Waals surface area contributed by atoms with E-state index in [4.69, 9.17) is 4.74 Å². The highest BCUT2D eigenvalue weighted by Crippen LogP contribution is 2.25. The fraction of sp³-hybridized carbons (Fsp3) is 0.250. The van der Waals surface area contributed by atoms with E-state index >= 15 is 0 Å². The SMILES string of the molecule is CC(=O)c1ccccc1NS(=O)(=O)c1cc(C)ccc1C.COc1cc(CCN2C(=O)Cc3cc(C)ccc3C2=O)ccc1C. The Morgan fingerprint density at radius 1 is 0.867 bits per heavy atom. The summed E-state index contributed by atoms with van der Waals surface area (Å²) < 4.78 is 32.9. The number of nitrogens with one attached hydrogen (secondary N) is 1. The van der Waals surface area contributed by atoms with Gasteiger partial charge in [-0.2, -0.15) is 0 Å². The van der Waals surface area contributed by atoms with Gasteiger partial charge in [-0.3, -0.25) is 24.0 Å². The van der Waals surface area contributed by atoms with Crippen LogP contribution >= 0.6 is 0 Å². The number of amides is 2. The van der Waals surface area contributed by atoms with Gasteiger partial charge in [0, 0.05) is 17.7 Å². The number of ketones is 1. The Labute approximate surface area is 265 Å². The Morgan fingerprint density at radius 2 is 1.53 bits per heavy atom. The number of ether oxygens (including phenoxy) is 1. The van der Waals surface area contributed by atoms with Gasteiger partial charge in [0.2, 0.25) is 5.91 Å². The first kappa shape index (κ1) is 33.1. The zero-order valence-electron chi connectivity index (χ0n) is 26.4. The number of imide groups is 1. The smallest absolute Gasteiger partial charge is 0.262 e. The van der Waals surface area contributed by atoms with Crippen molar-refractivity contribution in [2.45, 2.75) is 52.4 Å². The number of aryl methyl sites for hydroxylation is 4. The minimum absolute atomic E-state index is 0.128. The molecule has 0 aromatic heterocycles. The Balaban J connectivity index is 0.000000207. The van der Waals surface area contributed by atoms with E-state index in [1.807, 2.05) is 63.2 Å². The van der Waals surface area contributed by atoms with Gasteiger partial charge >= 0.3 is 0 Å². The summed E-state index contributed by atoms with van der Waals surface area (Å²) in [5.74, 6) is 0.316. The van der Waals surface area contributed by atoms with Gasteiger partial charge in [0.25, 0.3) is 15.9 Å². The molecule has 0 unspecified atom stereocenters. The molecule has 0 saturated heterocycles. The molecule has 0 fully saturated rings. The number of anilines is 1. The van der Waals surface area contributed by atoms with E-state index in [-0.39, 0.29) is 22.5 Å². The van der Waals surface area contributed by atoms with Crippen molar-refractivity contribution in [1.82, 2.24) is 4.90 Å². The standard InChI is InChI=1S/C20H21NO3.C16H17NO3S/c1-13-4-7-17-16(10-13)12-19(22)21(20(17)23)9-8-15-6-5-14(2)18(11-15)24-3;1-11-8-9-12(2)16(10-11)21(19,20)17-15-7-5-4-6-14(15)13(3)18/h4-7,10-11H,8-9,12H2,1-3H3;4-10,17H,1-3H3. The molecule has 1 N–H and O–H groups in total. The molecule has 0 atom stereocenters. The number of methoxy groups -OCH3 is 1. The second-order valence-electron chi connectivity index (χ2n) is 11.2. The predicted molar refractivity (Wildman–Crippen MR) is 176 cm³/mol. The largest absolute Gasteiger partial charge is 0.496 e. The Kier molecular flexibility index (Phi) is 10.2. The second-order valence-corrected chi connectivity index (χ2v) is 12.9. The molecular weight excluding hydrogens is 588 g/mol. The number of rotatable bonds is 8. The van der Waals surface area contributed by atoms with Gasteiger partial charge in [0.05, 0.1) is 24.1 Å². The van der Waals surface area contributed by atoms with Crippen LogP contribution in [0.3, 0.4) is 0 Å². The topological polar surface area (TPSA) is 110 Å². The van der Waals surface area contributed by atoms with Crippen LogP contribution in [0.2, 0.25) is 0 Å². The first-order chi connectivity index (χ1) is 21.3. The van der Waals surface area contributed by atoms with E-state index in [0.717, 1.165) is 33.6 Å². The van der Waals surface area contributed by atoms with Crippen LogP contribution in [0, 0.1) is 27.7 Å². The van der Waals surface area contributed by atoms with Gasteiger partial charge < -0.3 is 4.74 Å². The summed E-state index contributed by atoms with van der Waals surface area (Å²) in [6.45, 7) is 9.32. The lowest BCUT2D eigenvalue weighted by molar-refractivity contribution is -0.128. The number of Topliss-reactive ketones (excluding diaryl/α,β-unsaturated/α-hetero) is 1. The number of benzene rings is 4. The first-order valence-corrected chi connectivity index (χ1v) is 16.1. The molecule has 0 aliphatic carbocycles. The van der Waals surface area contributed by atoms with Crippen molar-refractivity contribution in [2.75, 3.05) is 18.4 Å². The highest BCUT2D eigenvalue weighted by atomic mass is 32.2. The molecule has 0 spiro atoms. The van der Waals surface area contributed by atoms with Crippen molar-refractivity contribution in [3.05, 3.63) is 123 Å². The molecule has 2 amide bonds. The van der Waals surface area contributed by atoms with Crippen LogP contribution in [-0.4, -0.2) is 44.6 Å². The van der Waals surface area contributed by atoms with E-state index < -0.39 is 10.0 Å². The predicted octanol–water partition coefficient (Wildman–Crippen LogP) is 6.39. The summed E-state index contributed by atoms with van der Waals surface area (Å²) in [5, 5.41) is 0. The summed E-state index contributed by atoms with van der Waals surface area (Å²) in [4.78, 5) is 38.1. The molecule has 0 saturated carbocycles. The maximum absolute atomic E-state index is 12.6. The van der Waals surface area contributed by atoms with Crippen molar-refractivity contribution in [3.8, 4) is 5.75 Å². The normalized spacial score (nSPS) is 12.6. The number of hydrogen-bond donors (Lipinski definition) is 1. The van der Waals surface area contributed by atoms with Crippen LogP contribution in [0.25, 0.3) is 0 Å². The molecule has 45 heavy (non-hydrogen) atoms. The maximum Gasteiger partial charge on any atom is 0.262 e. The van der Waals surface area contributed by atoms with Crippen LogP contribution in [0.5, 0.6) is 5.75 Å². The second kappa shape index (κ2) is 13.9. The Hall–Kier alpha value is -4.76. The summed E-state index contributed by atoms with van der Waals surface area (Å²) >= 11 is 0. The summed E-state index contributed by atoms with van der Waals surface area (Å²) in [5.41, 5.74) is 6.82. The van der Waals surface area contributed by atoms with Gasteiger partial charge in [0.15, 0.2) is 5.78 Å². The number of carbonyl (C=O) groups excluding carboxylic acids is 3. The molecular formula is C36H38N2O6S. The van der Waals surface area contributed by atoms with Crippen LogP contribution in [0.4, 0.5) is 5.69 Å². The van der Waals surface area contributed by atoms with E-state index in [0.29, 0.717) is 41.8 Å². The number of para-hydroxylation sites is 1. The molecule has 1 aliphatic rings. The zero-order valence-corrected chi connectivity index (χ0v) is 27.2. The van der Waals surface area contributed by atoms with E-state index in [1.165, 1.54) is 11.8 Å². The average Bonchev–Trinajstić information content (AvgIpc) is 2.99. The number of nitrogens with zero attached hydrogens (tertiary/aromatic N) is 1. The van der Waals surface area contributed by atoms with E-state index in [1.54, 1.807) is 50.4 Å². The van der Waals surface area contributed by atoms with Crippen LogP contribution in [-0.2, 0) is 27.7 Å². The highest BCUT2D eigenvalue weighted by Gasteiger charge is 2.30. The molecule has 1 aliphatic heterocycles. The number of sulfonamides is 1. The molecule has 234 valence electrons. The number of carbonyl (C=O) groups is 3. The summed E-state index contributed by atoms with van der Waals surface area (Å²) in [7, 11) is -2.08. The average molecular weight is 627 g/mol. The molecule has 0 bridgehead atoms. The highest BCUT2D eigenvalue weighted by molar-refractivity contribution is 7.92. The number of fused-ring (bicyclic) bond motifs is 1. The lowest BCUT2D eigenvalue weighted by Gasteiger charge is -2.27. The monoisotopic (exact) mass is 626 g/mol. The van der Waals surface area contributed by atoms with E-state index in [2.05, 4.69) is 4.72 Å². The summed E-state index contributed by atoms with van der Waals surface area (Å²) in [6, 6.07) is 23.4. The van der Waals surface area contributed by atoms with Crippen molar-refractivity contribution in [1.29, 1.82) is 0 Å². The molecule has 0 radical (unpaired) electrons. The van der Waals surface area contributed by atoms with E-state index in [9.17, 15) is 22.8 Å². The third-order valence-corrected chi connectivity index (χ3v) is 9.17. The maximum atomic E-state index is 12.6.